The van der Waals surface area contributed by atoms with E-state index >= 15 is 0 Å². The van der Waals surface area contributed by atoms with E-state index < -0.39 is 5.41 Å². The minimum atomic E-state index is -0.921. The van der Waals surface area contributed by atoms with Crippen LogP contribution in [0.4, 0.5) is 11.4 Å². The predicted octanol–water partition coefficient (Wildman–Crippen LogP) is 3.39. The summed E-state index contributed by atoms with van der Waals surface area (Å²) in [7, 11) is 0. The van der Waals surface area contributed by atoms with Gasteiger partial charge in [0.15, 0.2) is 0 Å². The van der Waals surface area contributed by atoms with Gasteiger partial charge >= 0.3 is 0 Å². The normalized spacial score (nSPS) is 16.7. The third kappa shape index (κ3) is 2.83. The molecule has 4 rings (SSSR count). The molecule has 1 fully saturated rings. The quantitative estimate of drug-likeness (QED) is 0.841. The molecule has 2 aromatic rings. The number of fused-ring (bicyclic) bond motifs is 1. The molecular weight excluding hydrogens is 328 g/mol. The summed E-state index contributed by atoms with van der Waals surface area (Å²) in [4.78, 5) is 27.7. The van der Waals surface area contributed by atoms with Crippen molar-refractivity contribution < 1.29 is 14.3 Å². The van der Waals surface area contributed by atoms with Crippen molar-refractivity contribution in [3.63, 3.8) is 0 Å². The van der Waals surface area contributed by atoms with E-state index in [-0.39, 0.29) is 11.8 Å². The summed E-state index contributed by atoms with van der Waals surface area (Å²) in [6, 6.07) is 15.2. The third-order valence-corrected chi connectivity index (χ3v) is 5.15. The molecule has 1 aliphatic carbocycles. The highest BCUT2D eigenvalue weighted by atomic mass is 16.5. The van der Waals surface area contributed by atoms with Crippen LogP contribution in [0.2, 0.25) is 0 Å². The van der Waals surface area contributed by atoms with E-state index in [9.17, 15) is 9.59 Å². The van der Waals surface area contributed by atoms with Gasteiger partial charge in [0.1, 0.15) is 11.2 Å². The van der Waals surface area contributed by atoms with Gasteiger partial charge in [-0.2, -0.15) is 0 Å². The van der Waals surface area contributed by atoms with Gasteiger partial charge in [0.2, 0.25) is 11.8 Å². The average molecular weight is 350 g/mol. The number of carbonyl (C=O) groups excluding carboxylic acids is 2. The Bertz CT molecular complexity index is 841. The average Bonchev–Trinajstić information content (AvgIpc) is 3.37. The first-order valence-corrected chi connectivity index (χ1v) is 9.08. The molecule has 2 amide bonds. The fraction of sp³-hybridized carbons (Fsp3) is 0.333. The van der Waals surface area contributed by atoms with E-state index in [1.54, 1.807) is 17.0 Å². The van der Waals surface area contributed by atoms with Gasteiger partial charge in [-0.3, -0.25) is 9.59 Å². The molecule has 0 bridgehead atoms. The Morgan fingerprint density at radius 3 is 2.54 bits per heavy atom. The smallest absolute Gasteiger partial charge is 0.242 e. The van der Waals surface area contributed by atoms with Crippen molar-refractivity contribution in [2.45, 2.75) is 26.2 Å². The molecule has 0 spiro atoms. The Labute approximate surface area is 153 Å². The van der Waals surface area contributed by atoms with Crippen LogP contribution in [0, 0.1) is 5.41 Å². The van der Waals surface area contributed by atoms with Crippen molar-refractivity contribution in [2.75, 3.05) is 23.4 Å². The zero-order valence-electron chi connectivity index (χ0n) is 14.8. The molecule has 5 nitrogen and oxygen atoms in total. The third-order valence-electron chi connectivity index (χ3n) is 5.15. The van der Waals surface area contributed by atoms with Crippen LogP contribution >= 0.6 is 0 Å². The summed E-state index contributed by atoms with van der Waals surface area (Å²) in [5.41, 5.74) is 1.87. The van der Waals surface area contributed by atoms with Crippen LogP contribution in [0.1, 0.15) is 25.3 Å². The molecule has 0 atom stereocenters. The number of nitrogens with zero attached hydrogens (tertiary/aromatic N) is 1. The van der Waals surface area contributed by atoms with Crippen LogP contribution in [0.15, 0.2) is 48.5 Å². The van der Waals surface area contributed by atoms with Gasteiger partial charge in [-0.05, 0) is 62.1 Å². The topological polar surface area (TPSA) is 58.6 Å². The van der Waals surface area contributed by atoms with Crippen molar-refractivity contribution in [1.29, 1.82) is 0 Å². The fourth-order valence-electron chi connectivity index (χ4n) is 3.52. The Morgan fingerprint density at radius 2 is 1.85 bits per heavy atom. The summed E-state index contributed by atoms with van der Waals surface area (Å²) in [5.74, 6) is 0.471. The molecule has 0 radical (unpaired) electrons. The summed E-state index contributed by atoms with van der Waals surface area (Å²) >= 11 is 0. The maximum absolute atomic E-state index is 13.1. The van der Waals surface area contributed by atoms with Gasteiger partial charge in [-0.25, -0.2) is 0 Å². The second-order valence-electron chi connectivity index (χ2n) is 6.83. The number of amides is 2. The number of anilines is 2. The maximum atomic E-state index is 13.1. The van der Waals surface area contributed by atoms with Gasteiger partial charge in [0.05, 0.1) is 6.61 Å². The number of carbonyl (C=O) groups is 2. The lowest BCUT2D eigenvalue weighted by atomic mass is 10.0. The van der Waals surface area contributed by atoms with Crippen LogP contribution in [0.25, 0.3) is 0 Å². The van der Waals surface area contributed by atoms with Gasteiger partial charge in [-0.1, -0.05) is 18.2 Å². The van der Waals surface area contributed by atoms with Crippen LogP contribution in [0.5, 0.6) is 5.75 Å². The Kier molecular flexibility index (Phi) is 4.15. The second-order valence-corrected chi connectivity index (χ2v) is 6.83. The van der Waals surface area contributed by atoms with Crippen LogP contribution < -0.4 is 15.0 Å². The van der Waals surface area contributed by atoms with Gasteiger partial charge < -0.3 is 15.0 Å². The lowest BCUT2D eigenvalue weighted by Gasteiger charge is -2.23. The molecule has 1 aliphatic heterocycles. The Balaban J connectivity index is 1.48. The first-order valence-electron chi connectivity index (χ1n) is 9.08. The molecule has 5 heteroatoms. The van der Waals surface area contributed by atoms with Crippen molar-refractivity contribution in [1.82, 2.24) is 0 Å². The van der Waals surface area contributed by atoms with Gasteiger partial charge in [0.25, 0.3) is 0 Å². The molecule has 2 aromatic carbocycles. The fourth-order valence-corrected chi connectivity index (χ4v) is 3.52. The highest BCUT2D eigenvalue weighted by molar-refractivity contribution is 6.18. The van der Waals surface area contributed by atoms with Gasteiger partial charge in [-0.15, -0.1) is 0 Å². The molecular formula is C21H22N2O3. The number of hydrogen-bond donors (Lipinski definition) is 1. The molecule has 0 saturated heterocycles. The highest BCUT2D eigenvalue weighted by Gasteiger charge is 2.58. The van der Waals surface area contributed by atoms with Crippen LogP contribution in [-0.2, 0) is 16.0 Å². The van der Waals surface area contributed by atoms with E-state index in [2.05, 4.69) is 5.32 Å². The van der Waals surface area contributed by atoms with Crippen LogP contribution in [0.3, 0.4) is 0 Å². The maximum Gasteiger partial charge on any atom is 0.242 e. The lowest BCUT2D eigenvalue weighted by Crippen LogP contribution is -2.42. The molecule has 26 heavy (non-hydrogen) atoms. The largest absolute Gasteiger partial charge is 0.494 e. The zero-order valence-corrected chi connectivity index (χ0v) is 14.8. The van der Waals surface area contributed by atoms with Crippen molar-refractivity contribution >= 4 is 23.2 Å². The van der Waals surface area contributed by atoms with Crippen LogP contribution in [-0.4, -0.2) is 25.0 Å². The number of benzene rings is 2. The van der Waals surface area contributed by atoms with E-state index in [1.165, 1.54) is 5.56 Å². The van der Waals surface area contributed by atoms with Crippen molar-refractivity contribution in [3.8, 4) is 5.75 Å². The number of hydrogen-bond acceptors (Lipinski definition) is 3. The highest BCUT2D eigenvalue weighted by Crippen LogP contribution is 2.49. The molecule has 0 aromatic heterocycles. The zero-order chi connectivity index (χ0) is 18.1. The molecule has 0 unspecified atom stereocenters. The second kappa shape index (κ2) is 6.48. The summed E-state index contributed by atoms with van der Waals surface area (Å²) in [6.45, 7) is 3.17. The Morgan fingerprint density at radius 1 is 1.12 bits per heavy atom. The summed E-state index contributed by atoms with van der Waals surface area (Å²) in [6.07, 6.45) is 2.05. The standard InChI is InChI=1S/C21H22N2O3/c1-2-26-17-9-7-16(8-10-17)22-19(24)21(12-13-21)20(25)23-14-11-15-5-3-4-6-18(15)23/h3-10H,2,11-14H2,1H3,(H,22,24). The lowest BCUT2D eigenvalue weighted by molar-refractivity contribution is -0.132. The molecule has 1 heterocycles. The molecule has 1 saturated carbocycles. The summed E-state index contributed by atoms with van der Waals surface area (Å²) < 4.78 is 5.41. The molecule has 134 valence electrons. The number of ether oxygens (including phenoxy) is 1. The molecule has 1 N–H and O–H groups in total. The van der Waals surface area contributed by atoms with Crippen molar-refractivity contribution in [3.05, 3.63) is 54.1 Å². The monoisotopic (exact) mass is 350 g/mol. The van der Waals surface area contributed by atoms with E-state index in [4.69, 9.17) is 4.74 Å². The molecule has 2 aliphatic rings. The Hall–Kier alpha value is -2.82. The van der Waals surface area contributed by atoms with Crippen molar-refractivity contribution in [2.24, 2.45) is 5.41 Å². The minimum Gasteiger partial charge on any atom is -0.494 e. The number of rotatable bonds is 5. The van der Waals surface area contributed by atoms with E-state index in [1.807, 2.05) is 43.3 Å². The predicted molar refractivity (Wildman–Crippen MR) is 100 cm³/mol. The van der Waals surface area contributed by atoms with Gasteiger partial charge in [0, 0.05) is 17.9 Å². The SMILES string of the molecule is CCOc1ccc(NC(=O)C2(C(=O)N3CCc4ccccc43)CC2)cc1. The van der Waals surface area contributed by atoms with E-state index in [0.717, 1.165) is 17.9 Å². The first-order chi connectivity index (χ1) is 12.6. The summed E-state index contributed by atoms with van der Waals surface area (Å²) in [5, 5.41) is 2.90. The number of nitrogens with one attached hydrogen (secondary N) is 1. The minimum absolute atomic E-state index is 0.0779. The number of para-hydroxylation sites is 1. The first kappa shape index (κ1) is 16.6. The van der Waals surface area contributed by atoms with E-state index in [0.29, 0.717) is 31.7 Å².